The van der Waals surface area contributed by atoms with Gasteiger partial charge in [-0.2, -0.15) is 0 Å². The maximum Gasteiger partial charge on any atom is 0.219 e. The predicted octanol–water partition coefficient (Wildman–Crippen LogP) is 3.76. The third kappa shape index (κ3) is 3.27. The summed E-state index contributed by atoms with van der Waals surface area (Å²) in [5.74, 6) is 1.42. The Kier molecular flexibility index (Phi) is 4.44. The Bertz CT molecular complexity index is 745. The summed E-state index contributed by atoms with van der Waals surface area (Å²) in [6.45, 7) is 3.11. The number of methoxy groups -OCH3 is 1. The predicted molar refractivity (Wildman–Crippen MR) is 90.0 cm³/mol. The molecule has 0 unspecified atom stereocenters. The van der Waals surface area contributed by atoms with Gasteiger partial charge in [-0.3, -0.25) is 4.79 Å². The van der Waals surface area contributed by atoms with Crippen molar-refractivity contribution in [2.45, 2.75) is 13.5 Å². The molecule has 4 nitrogen and oxygen atoms in total. The highest BCUT2D eigenvalue weighted by molar-refractivity contribution is 6.30. The Balaban J connectivity index is 2.09. The molecule has 2 aromatic carbocycles. The van der Waals surface area contributed by atoms with E-state index in [9.17, 15) is 4.79 Å². The molecule has 0 spiro atoms. The van der Waals surface area contributed by atoms with Crippen LogP contribution in [-0.4, -0.2) is 31.1 Å². The topological polar surface area (TPSA) is 38.8 Å². The Morgan fingerprint density at radius 3 is 2.78 bits per heavy atom. The molecule has 23 heavy (non-hydrogen) atoms. The van der Waals surface area contributed by atoms with Crippen LogP contribution < -0.4 is 9.47 Å². The monoisotopic (exact) mass is 331 g/mol. The minimum atomic E-state index is 0.0357. The number of ether oxygens (including phenoxy) is 2. The molecule has 120 valence electrons. The number of halogens is 1. The highest BCUT2D eigenvalue weighted by Gasteiger charge is 2.21. The van der Waals surface area contributed by atoms with Crippen LogP contribution in [0.2, 0.25) is 5.02 Å². The van der Waals surface area contributed by atoms with Crippen molar-refractivity contribution in [3.63, 3.8) is 0 Å². The second-order valence-electron chi connectivity index (χ2n) is 5.47. The van der Waals surface area contributed by atoms with Gasteiger partial charge in [0.05, 0.1) is 13.7 Å². The first-order chi connectivity index (χ1) is 11.1. The molecule has 1 amide bonds. The van der Waals surface area contributed by atoms with Gasteiger partial charge in [-0.1, -0.05) is 23.7 Å². The number of carbonyl (C=O) groups excluding carboxylic acids is 1. The second-order valence-corrected chi connectivity index (χ2v) is 5.90. The zero-order chi connectivity index (χ0) is 16.4. The van der Waals surface area contributed by atoms with E-state index in [-0.39, 0.29) is 5.91 Å². The van der Waals surface area contributed by atoms with Gasteiger partial charge in [0.15, 0.2) is 11.5 Å². The van der Waals surface area contributed by atoms with Crippen molar-refractivity contribution in [1.82, 2.24) is 4.90 Å². The smallest absolute Gasteiger partial charge is 0.219 e. The van der Waals surface area contributed by atoms with E-state index >= 15 is 0 Å². The molecule has 0 aliphatic carbocycles. The lowest BCUT2D eigenvalue weighted by molar-refractivity contribution is -0.129. The molecule has 0 N–H and O–H groups in total. The number of benzene rings is 2. The van der Waals surface area contributed by atoms with Gasteiger partial charge in [0.1, 0.15) is 6.61 Å². The third-order valence-corrected chi connectivity index (χ3v) is 4.16. The largest absolute Gasteiger partial charge is 0.493 e. The van der Waals surface area contributed by atoms with Gasteiger partial charge in [-0.15, -0.1) is 0 Å². The third-order valence-electron chi connectivity index (χ3n) is 3.92. The number of hydrogen-bond donors (Lipinski definition) is 0. The fourth-order valence-electron chi connectivity index (χ4n) is 2.74. The highest BCUT2D eigenvalue weighted by Crippen LogP contribution is 2.38. The summed E-state index contributed by atoms with van der Waals surface area (Å²) in [6, 6.07) is 11.6. The average Bonchev–Trinajstić information content (AvgIpc) is 2.76. The summed E-state index contributed by atoms with van der Waals surface area (Å²) in [4.78, 5) is 13.5. The average molecular weight is 332 g/mol. The zero-order valence-electron chi connectivity index (χ0n) is 13.1. The summed E-state index contributed by atoms with van der Waals surface area (Å²) in [5, 5.41) is 0.679. The summed E-state index contributed by atoms with van der Waals surface area (Å²) in [5.41, 5.74) is 2.92. The molecular formula is C18H18ClNO3. The van der Waals surface area contributed by atoms with E-state index in [1.807, 2.05) is 36.4 Å². The van der Waals surface area contributed by atoms with Crippen molar-refractivity contribution in [1.29, 1.82) is 0 Å². The van der Waals surface area contributed by atoms with E-state index in [0.29, 0.717) is 36.2 Å². The molecule has 0 saturated heterocycles. The number of amides is 1. The first kappa shape index (κ1) is 15.7. The molecule has 0 fully saturated rings. The van der Waals surface area contributed by atoms with Gasteiger partial charge in [-0.25, -0.2) is 0 Å². The van der Waals surface area contributed by atoms with E-state index in [2.05, 4.69) is 0 Å². The van der Waals surface area contributed by atoms with Gasteiger partial charge in [0.25, 0.3) is 0 Å². The van der Waals surface area contributed by atoms with Crippen molar-refractivity contribution in [2.75, 3.05) is 20.3 Å². The van der Waals surface area contributed by atoms with Gasteiger partial charge in [0.2, 0.25) is 5.91 Å². The van der Waals surface area contributed by atoms with Crippen LogP contribution in [0.3, 0.4) is 0 Å². The van der Waals surface area contributed by atoms with Crippen LogP contribution in [0.15, 0.2) is 36.4 Å². The lowest BCUT2D eigenvalue weighted by atomic mass is 10.0. The van der Waals surface area contributed by atoms with Crippen LogP contribution in [-0.2, 0) is 11.3 Å². The molecule has 2 aromatic rings. The number of fused-ring (bicyclic) bond motifs is 1. The fraction of sp³-hybridized carbons (Fsp3) is 0.278. The standard InChI is InChI=1S/C18H18ClNO3/c1-12(21)20-6-7-23-18-15(11-20)8-14(10-17(18)22-2)13-4-3-5-16(19)9-13/h3-5,8-10H,6-7,11H2,1-2H3. The van der Waals surface area contributed by atoms with Crippen LogP contribution in [0.25, 0.3) is 11.1 Å². The van der Waals surface area contributed by atoms with E-state index in [0.717, 1.165) is 16.7 Å². The van der Waals surface area contributed by atoms with Crippen LogP contribution >= 0.6 is 11.6 Å². The van der Waals surface area contributed by atoms with E-state index in [4.69, 9.17) is 21.1 Å². The summed E-state index contributed by atoms with van der Waals surface area (Å²) in [6.07, 6.45) is 0. The maximum atomic E-state index is 11.7. The minimum Gasteiger partial charge on any atom is -0.493 e. The molecule has 1 heterocycles. The number of hydrogen-bond acceptors (Lipinski definition) is 3. The van der Waals surface area contributed by atoms with Crippen molar-refractivity contribution >= 4 is 17.5 Å². The minimum absolute atomic E-state index is 0.0357. The molecule has 1 aliphatic heterocycles. The van der Waals surface area contributed by atoms with Gasteiger partial charge < -0.3 is 14.4 Å². The van der Waals surface area contributed by atoms with Crippen LogP contribution in [0.5, 0.6) is 11.5 Å². The molecule has 0 atom stereocenters. The van der Waals surface area contributed by atoms with E-state index in [1.54, 1.807) is 18.9 Å². The Labute approximate surface area is 140 Å². The highest BCUT2D eigenvalue weighted by atomic mass is 35.5. The van der Waals surface area contributed by atoms with Crippen LogP contribution in [0, 0.1) is 0 Å². The van der Waals surface area contributed by atoms with Crippen molar-refractivity contribution < 1.29 is 14.3 Å². The first-order valence-corrected chi connectivity index (χ1v) is 7.81. The van der Waals surface area contributed by atoms with Crippen molar-refractivity contribution in [3.05, 3.63) is 47.0 Å². The van der Waals surface area contributed by atoms with Gasteiger partial charge in [-0.05, 0) is 35.4 Å². The number of rotatable bonds is 2. The molecule has 0 saturated carbocycles. The van der Waals surface area contributed by atoms with Crippen LogP contribution in [0.1, 0.15) is 12.5 Å². The maximum absolute atomic E-state index is 11.7. The van der Waals surface area contributed by atoms with Crippen LogP contribution in [0.4, 0.5) is 0 Å². The fourth-order valence-corrected chi connectivity index (χ4v) is 2.93. The zero-order valence-corrected chi connectivity index (χ0v) is 13.9. The van der Waals surface area contributed by atoms with E-state index < -0.39 is 0 Å². The molecular weight excluding hydrogens is 314 g/mol. The molecule has 0 aromatic heterocycles. The summed E-state index contributed by atoms with van der Waals surface area (Å²) >= 11 is 6.09. The molecule has 3 rings (SSSR count). The van der Waals surface area contributed by atoms with Crippen molar-refractivity contribution in [3.8, 4) is 22.6 Å². The number of nitrogens with zero attached hydrogens (tertiary/aromatic N) is 1. The van der Waals surface area contributed by atoms with Gasteiger partial charge in [0, 0.05) is 24.1 Å². The molecule has 0 radical (unpaired) electrons. The first-order valence-electron chi connectivity index (χ1n) is 7.43. The quantitative estimate of drug-likeness (QED) is 0.841. The lowest BCUT2D eigenvalue weighted by Gasteiger charge is -2.18. The normalized spacial score (nSPS) is 13.8. The van der Waals surface area contributed by atoms with E-state index in [1.165, 1.54) is 0 Å². The Morgan fingerprint density at radius 2 is 2.09 bits per heavy atom. The molecule has 5 heteroatoms. The Hall–Kier alpha value is -2.20. The lowest BCUT2D eigenvalue weighted by Crippen LogP contribution is -2.30. The summed E-state index contributed by atoms with van der Waals surface area (Å²) in [7, 11) is 1.62. The molecule has 1 aliphatic rings. The molecule has 0 bridgehead atoms. The van der Waals surface area contributed by atoms with Gasteiger partial charge >= 0.3 is 0 Å². The Morgan fingerprint density at radius 1 is 1.26 bits per heavy atom. The SMILES string of the molecule is COc1cc(-c2cccc(Cl)c2)cc2c1OCCN(C(C)=O)C2. The second kappa shape index (κ2) is 6.50. The number of carbonyl (C=O) groups is 1. The van der Waals surface area contributed by atoms with Crippen molar-refractivity contribution in [2.24, 2.45) is 0 Å². The summed E-state index contributed by atoms with van der Waals surface area (Å²) < 4.78 is 11.3.